The van der Waals surface area contributed by atoms with Crippen molar-refractivity contribution in [3.05, 3.63) is 48.7 Å². The molecule has 1 aromatic carbocycles. The third kappa shape index (κ3) is 1.93. The maximum absolute atomic E-state index is 11.0. The molecule has 0 aliphatic carbocycles. The fourth-order valence-corrected chi connectivity index (χ4v) is 0.742. The molecule has 55 valence electrons. The first-order chi connectivity index (χ1) is 5.34. The van der Waals surface area contributed by atoms with Gasteiger partial charge in [-0.05, 0) is 12.1 Å². The molecule has 1 rings (SSSR count). The first-order valence-electron chi connectivity index (χ1n) is 3.22. The molecule has 2 nitrogen and oxygen atoms in total. The van der Waals surface area contributed by atoms with Gasteiger partial charge in [-0.2, -0.15) is 0 Å². The smallest absolute Gasteiger partial charge is 0.255 e. The first kappa shape index (κ1) is 7.54. The molecule has 0 bridgehead atoms. The highest BCUT2D eigenvalue weighted by Gasteiger charge is 1.99. The van der Waals surface area contributed by atoms with Gasteiger partial charge in [-0.3, -0.25) is 4.79 Å². The summed E-state index contributed by atoms with van der Waals surface area (Å²) in [5.74, 6) is -0.180. The van der Waals surface area contributed by atoms with Crippen LogP contribution in [0, 0.1) is 6.20 Å². The maximum Gasteiger partial charge on any atom is 0.255 e. The Balaban J connectivity index is 2.77. The van der Waals surface area contributed by atoms with Crippen LogP contribution >= 0.6 is 0 Å². The van der Waals surface area contributed by atoms with Crippen LogP contribution in [-0.4, -0.2) is 5.91 Å². The molecule has 0 aliphatic rings. The van der Waals surface area contributed by atoms with Gasteiger partial charge in [-0.1, -0.05) is 24.8 Å². The average molecular weight is 146 g/mol. The van der Waals surface area contributed by atoms with E-state index in [4.69, 9.17) is 0 Å². The first-order valence-corrected chi connectivity index (χ1v) is 3.22. The van der Waals surface area contributed by atoms with Crippen LogP contribution in [0.2, 0.25) is 0 Å². The molecular weight excluding hydrogens is 138 g/mol. The van der Waals surface area contributed by atoms with E-state index in [-0.39, 0.29) is 5.91 Å². The van der Waals surface area contributed by atoms with E-state index in [0.717, 1.165) is 0 Å². The highest BCUT2D eigenvalue weighted by molar-refractivity contribution is 5.94. The lowest BCUT2D eigenvalue weighted by atomic mass is 10.2. The lowest BCUT2D eigenvalue weighted by molar-refractivity contribution is 0.0967. The monoisotopic (exact) mass is 146 g/mol. The maximum atomic E-state index is 11.0. The van der Waals surface area contributed by atoms with E-state index in [1.54, 1.807) is 24.3 Å². The van der Waals surface area contributed by atoms with Crippen LogP contribution in [0.25, 0.3) is 0 Å². The van der Waals surface area contributed by atoms with Crippen LogP contribution in [0.3, 0.4) is 0 Å². The fraction of sp³-hybridized carbons (Fsp3) is 0. The van der Waals surface area contributed by atoms with Gasteiger partial charge in [0.1, 0.15) is 0 Å². The van der Waals surface area contributed by atoms with Crippen molar-refractivity contribution in [2.24, 2.45) is 0 Å². The van der Waals surface area contributed by atoms with Crippen molar-refractivity contribution in [1.29, 1.82) is 0 Å². The van der Waals surface area contributed by atoms with E-state index in [2.05, 4.69) is 18.1 Å². The van der Waals surface area contributed by atoms with Gasteiger partial charge in [0.05, 0.1) is 6.20 Å². The molecule has 0 spiro atoms. The minimum absolute atomic E-state index is 0.180. The Labute approximate surface area is 65.5 Å². The SMILES string of the molecule is C=[C]NC(=O)c1ccccc1. The largest absolute Gasteiger partial charge is 0.321 e. The molecule has 0 aromatic heterocycles. The molecule has 0 aliphatic heterocycles. The Morgan fingerprint density at radius 3 is 2.55 bits per heavy atom. The summed E-state index contributed by atoms with van der Waals surface area (Å²) in [5, 5.41) is 2.36. The standard InChI is InChI=1S/C9H8NO/c1-2-10-9(11)8-6-4-3-5-7-8/h3-7H,1H2,(H,10,11). The number of amides is 1. The minimum Gasteiger partial charge on any atom is -0.321 e. The van der Waals surface area contributed by atoms with Crippen molar-refractivity contribution in [1.82, 2.24) is 5.32 Å². The van der Waals surface area contributed by atoms with E-state index in [0.29, 0.717) is 5.56 Å². The average Bonchev–Trinajstić information content (AvgIpc) is 2.07. The van der Waals surface area contributed by atoms with Gasteiger partial charge in [0.15, 0.2) is 0 Å². The molecule has 0 unspecified atom stereocenters. The van der Waals surface area contributed by atoms with Crippen LogP contribution in [-0.2, 0) is 0 Å². The molecule has 1 aromatic rings. The second-order valence-electron chi connectivity index (χ2n) is 2.00. The highest BCUT2D eigenvalue weighted by atomic mass is 16.1. The normalized spacial score (nSPS) is 8.73. The fourth-order valence-electron chi connectivity index (χ4n) is 0.742. The zero-order chi connectivity index (χ0) is 8.10. The third-order valence-corrected chi connectivity index (χ3v) is 1.24. The zero-order valence-corrected chi connectivity index (χ0v) is 6.00. The van der Waals surface area contributed by atoms with Gasteiger partial charge in [-0.25, -0.2) is 0 Å². The molecule has 0 heterocycles. The minimum atomic E-state index is -0.180. The van der Waals surface area contributed by atoms with E-state index in [1.807, 2.05) is 6.07 Å². The van der Waals surface area contributed by atoms with Gasteiger partial charge in [0, 0.05) is 5.56 Å². The molecule has 0 fully saturated rings. The Morgan fingerprint density at radius 2 is 2.00 bits per heavy atom. The van der Waals surface area contributed by atoms with Crippen molar-refractivity contribution in [2.75, 3.05) is 0 Å². The summed E-state index contributed by atoms with van der Waals surface area (Å²) >= 11 is 0. The Bertz CT molecular complexity index is 254. The number of benzene rings is 1. The summed E-state index contributed by atoms with van der Waals surface area (Å²) in [5.41, 5.74) is 0.614. The summed E-state index contributed by atoms with van der Waals surface area (Å²) in [6.45, 7) is 3.27. The number of hydrogen-bond acceptors (Lipinski definition) is 1. The van der Waals surface area contributed by atoms with Crippen LogP contribution in [0.4, 0.5) is 0 Å². The lowest BCUT2D eigenvalue weighted by Gasteiger charge is -1.96. The molecule has 0 saturated heterocycles. The Kier molecular flexibility index (Phi) is 2.44. The van der Waals surface area contributed by atoms with E-state index in [9.17, 15) is 4.79 Å². The summed E-state index contributed by atoms with van der Waals surface area (Å²) in [4.78, 5) is 11.0. The number of hydrogen-bond donors (Lipinski definition) is 1. The molecule has 1 amide bonds. The summed E-state index contributed by atoms with van der Waals surface area (Å²) < 4.78 is 0. The van der Waals surface area contributed by atoms with Crippen molar-refractivity contribution in [2.45, 2.75) is 0 Å². The summed E-state index contributed by atoms with van der Waals surface area (Å²) in [6.07, 6.45) is 2.32. The van der Waals surface area contributed by atoms with Gasteiger partial charge in [0.25, 0.3) is 5.91 Å². The second-order valence-corrected chi connectivity index (χ2v) is 2.00. The Morgan fingerprint density at radius 1 is 1.36 bits per heavy atom. The summed E-state index contributed by atoms with van der Waals surface area (Å²) in [6, 6.07) is 8.92. The zero-order valence-electron chi connectivity index (χ0n) is 6.00. The van der Waals surface area contributed by atoms with Crippen molar-refractivity contribution in [3.8, 4) is 0 Å². The predicted molar refractivity (Wildman–Crippen MR) is 42.8 cm³/mol. The molecular formula is C9H8NO. The van der Waals surface area contributed by atoms with Crippen LogP contribution in [0.1, 0.15) is 10.4 Å². The van der Waals surface area contributed by atoms with Crippen molar-refractivity contribution < 1.29 is 4.79 Å². The number of carbonyl (C=O) groups is 1. The molecule has 1 radical (unpaired) electrons. The van der Waals surface area contributed by atoms with Gasteiger partial charge >= 0.3 is 0 Å². The van der Waals surface area contributed by atoms with Crippen LogP contribution < -0.4 is 5.32 Å². The lowest BCUT2D eigenvalue weighted by Crippen LogP contribution is -2.16. The van der Waals surface area contributed by atoms with Gasteiger partial charge < -0.3 is 5.32 Å². The number of nitrogens with one attached hydrogen (secondary N) is 1. The molecule has 11 heavy (non-hydrogen) atoms. The number of carbonyl (C=O) groups excluding carboxylic acids is 1. The predicted octanol–water partition coefficient (Wildman–Crippen LogP) is 1.36. The van der Waals surface area contributed by atoms with Crippen molar-refractivity contribution in [3.63, 3.8) is 0 Å². The van der Waals surface area contributed by atoms with Gasteiger partial charge in [0.2, 0.25) is 0 Å². The summed E-state index contributed by atoms with van der Waals surface area (Å²) in [7, 11) is 0. The van der Waals surface area contributed by atoms with Gasteiger partial charge in [-0.15, -0.1) is 0 Å². The molecule has 0 saturated carbocycles. The topological polar surface area (TPSA) is 29.1 Å². The van der Waals surface area contributed by atoms with Crippen molar-refractivity contribution >= 4 is 5.91 Å². The molecule has 0 atom stereocenters. The van der Waals surface area contributed by atoms with E-state index >= 15 is 0 Å². The third-order valence-electron chi connectivity index (χ3n) is 1.24. The molecule has 2 heteroatoms. The number of rotatable bonds is 2. The Hall–Kier alpha value is -1.57. The van der Waals surface area contributed by atoms with Crippen LogP contribution in [0.15, 0.2) is 36.9 Å². The molecule has 1 N–H and O–H groups in total. The quantitative estimate of drug-likeness (QED) is 0.627. The highest BCUT2D eigenvalue weighted by Crippen LogP contribution is 1.96. The van der Waals surface area contributed by atoms with Crippen LogP contribution in [0.5, 0.6) is 0 Å². The second kappa shape index (κ2) is 3.56. The van der Waals surface area contributed by atoms with E-state index in [1.165, 1.54) is 0 Å². The van der Waals surface area contributed by atoms with E-state index < -0.39 is 0 Å².